The van der Waals surface area contributed by atoms with Crippen LogP contribution in [-0.2, 0) is 19.6 Å². The van der Waals surface area contributed by atoms with Crippen molar-refractivity contribution in [1.82, 2.24) is 10.0 Å². The zero-order chi connectivity index (χ0) is 22.0. The number of likely N-dealkylation sites (N-methyl/N-ethyl adjacent to an activating group) is 1. The number of carbonyl (C=O) groups excluding carboxylic acids is 2. The molecule has 0 heterocycles. The number of rotatable bonds is 9. The van der Waals surface area contributed by atoms with Crippen molar-refractivity contribution in [3.8, 4) is 0 Å². The minimum Gasteiger partial charge on any atom is -0.355 e. The summed E-state index contributed by atoms with van der Waals surface area (Å²) in [6.07, 6.45) is 13.8. The summed E-state index contributed by atoms with van der Waals surface area (Å²) < 4.78 is 28.4. The molecule has 0 aromatic heterocycles. The van der Waals surface area contributed by atoms with Gasteiger partial charge in [-0.25, -0.2) is 8.42 Å². The Kier molecular flexibility index (Phi) is 9.58. The highest BCUT2D eigenvalue weighted by atomic mass is 35.5. The fourth-order valence-electron chi connectivity index (χ4n) is 2.59. The Hall–Kier alpha value is -2.64. The van der Waals surface area contributed by atoms with E-state index in [9.17, 15) is 18.0 Å². The van der Waals surface area contributed by atoms with Gasteiger partial charge in [-0.05, 0) is 49.6 Å². The molecule has 0 aromatic carbocycles. The van der Waals surface area contributed by atoms with E-state index in [1.165, 1.54) is 25.3 Å². The molecule has 156 valence electrons. The number of amides is 1. The monoisotopic (exact) mass is 436 g/mol. The van der Waals surface area contributed by atoms with Gasteiger partial charge in [0.15, 0.2) is 0 Å². The summed E-state index contributed by atoms with van der Waals surface area (Å²) in [6, 6.07) is 0. The fraction of sp³-hybridized carbons (Fsp3) is 0.238. The van der Waals surface area contributed by atoms with Crippen molar-refractivity contribution < 1.29 is 18.0 Å². The van der Waals surface area contributed by atoms with E-state index in [1.807, 2.05) is 0 Å². The first-order valence-electron chi connectivity index (χ1n) is 8.80. The zero-order valence-electron chi connectivity index (χ0n) is 16.6. The van der Waals surface area contributed by atoms with Crippen molar-refractivity contribution in [2.24, 2.45) is 0 Å². The van der Waals surface area contributed by atoms with Gasteiger partial charge in [-0.3, -0.25) is 14.3 Å². The fourth-order valence-corrected chi connectivity index (χ4v) is 4.40. The predicted molar refractivity (Wildman–Crippen MR) is 118 cm³/mol. The quantitative estimate of drug-likeness (QED) is 0.251. The summed E-state index contributed by atoms with van der Waals surface area (Å²) in [4.78, 5) is 22.4. The molecule has 0 bridgehead atoms. The largest absolute Gasteiger partial charge is 0.355 e. The summed E-state index contributed by atoms with van der Waals surface area (Å²) >= 11 is 6.32. The second-order valence-corrected chi connectivity index (χ2v) is 8.23. The lowest BCUT2D eigenvalue weighted by Crippen LogP contribution is -2.33. The minimum absolute atomic E-state index is 0.0497. The molecular weight excluding hydrogens is 412 g/mol. The van der Waals surface area contributed by atoms with Gasteiger partial charge >= 0.3 is 0 Å². The van der Waals surface area contributed by atoms with Crippen molar-refractivity contribution in [3.63, 3.8) is 0 Å². The average molecular weight is 437 g/mol. The smallest absolute Gasteiger partial charge is 0.252 e. The Morgan fingerprint density at radius 1 is 1.34 bits per heavy atom. The summed E-state index contributed by atoms with van der Waals surface area (Å²) in [5.41, 5.74) is 1.66. The second-order valence-electron chi connectivity index (χ2n) is 6.05. The maximum Gasteiger partial charge on any atom is 0.252 e. The molecule has 8 heteroatoms. The zero-order valence-corrected chi connectivity index (χ0v) is 18.2. The van der Waals surface area contributed by atoms with Crippen molar-refractivity contribution in [1.29, 1.82) is 0 Å². The van der Waals surface area contributed by atoms with Crippen LogP contribution in [0.2, 0.25) is 0 Å². The van der Waals surface area contributed by atoms with Crippen LogP contribution in [0.5, 0.6) is 0 Å². The van der Waals surface area contributed by atoms with E-state index in [-0.39, 0.29) is 16.2 Å². The first kappa shape index (κ1) is 24.4. The molecule has 1 atom stereocenters. The third-order valence-electron chi connectivity index (χ3n) is 4.10. The molecule has 0 aliphatic heterocycles. The van der Waals surface area contributed by atoms with Crippen LogP contribution < -0.4 is 10.0 Å². The van der Waals surface area contributed by atoms with Gasteiger partial charge in [0.1, 0.15) is 11.5 Å². The van der Waals surface area contributed by atoms with Gasteiger partial charge in [-0.1, -0.05) is 42.0 Å². The highest BCUT2D eigenvalue weighted by molar-refractivity contribution is 7.90. The lowest BCUT2D eigenvalue weighted by Gasteiger charge is -2.19. The SMILES string of the molecule is C=CC(/C(C)=C(Cl)/C(=C\C)C(=O)NC)S(=O)(=O)NC1=CC=C(/C=C/C=O)CC=C1. The van der Waals surface area contributed by atoms with Crippen LogP contribution in [0.15, 0.2) is 82.6 Å². The second kappa shape index (κ2) is 11.4. The molecule has 0 aromatic rings. The molecule has 0 fully saturated rings. The lowest BCUT2D eigenvalue weighted by molar-refractivity contribution is -0.116. The normalized spacial score (nSPS) is 16.9. The molecule has 0 saturated heterocycles. The maximum absolute atomic E-state index is 12.9. The number of aldehydes is 1. The highest BCUT2D eigenvalue weighted by Crippen LogP contribution is 2.26. The van der Waals surface area contributed by atoms with Gasteiger partial charge < -0.3 is 5.32 Å². The molecule has 0 radical (unpaired) electrons. The minimum atomic E-state index is -3.93. The number of nitrogens with one attached hydrogen (secondary N) is 2. The Balaban J connectivity index is 3.24. The number of carbonyl (C=O) groups is 2. The van der Waals surface area contributed by atoms with E-state index < -0.39 is 21.2 Å². The molecule has 2 N–H and O–H groups in total. The Labute approximate surface area is 177 Å². The Bertz CT molecular complexity index is 951. The average Bonchev–Trinajstić information content (AvgIpc) is 2.91. The van der Waals surface area contributed by atoms with Crippen LogP contribution in [0, 0.1) is 0 Å². The molecule has 0 saturated carbocycles. The van der Waals surface area contributed by atoms with E-state index in [0.29, 0.717) is 18.4 Å². The predicted octanol–water partition coefficient (Wildman–Crippen LogP) is 3.19. The first-order chi connectivity index (χ1) is 13.7. The topological polar surface area (TPSA) is 92.3 Å². The molecule has 1 rings (SSSR count). The van der Waals surface area contributed by atoms with Gasteiger partial charge in [0.25, 0.3) is 5.91 Å². The van der Waals surface area contributed by atoms with Gasteiger partial charge in [0, 0.05) is 12.7 Å². The summed E-state index contributed by atoms with van der Waals surface area (Å²) in [7, 11) is -2.47. The van der Waals surface area contributed by atoms with Crippen LogP contribution in [0.1, 0.15) is 20.3 Å². The summed E-state index contributed by atoms with van der Waals surface area (Å²) in [5, 5.41) is 1.37. The molecular formula is C21H25ClN2O4S. The van der Waals surface area contributed by atoms with E-state index >= 15 is 0 Å². The van der Waals surface area contributed by atoms with Crippen LogP contribution in [0.25, 0.3) is 0 Å². The number of halogens is 1. The molecule has 1 aliphatic carbocycles. The standard InChI is InChI=1S/C21H25ClN2O4S/c1-5-18(21(26)23-4)20(22)15(3)19(6-2)29(27,28)24-17-11-7-9-16(12-13-17)10-8-14-25/h5-8,10-14,19,24H,2,9H2,1,3-4H3,(H,23,26)/b10-8+,18-5+,20-15-. The van der Waals surface area contributed by atoms with E-state index in [1.54, 1.807) is 44.2 Å². The number of hydrogen-bond acceptors (Lipinski definition) is 4. The van der Waals surface area contributed by atoms with E-state index in [2.05, 4.69) is 16.6 Å². The van der Waals surface area contributed by atoms with Crippen LogP contribution in [0.3, 0.4) is 0 Å². The van der Waals surface area contributed by atoms with Crippen LogP contribution >= 0.6 is 11.6 Å². The number of allylic oxidation sites excluding steroid dienone is 8. The van der Waals surface area contributed by atoms with E-state index in [4.69, 9.17) is 11.6 Å². The third kappa shape index (κ3) is 6.73. The van der Waals surface area contributed by atoms with Gasteiger partial charge in [0.2, 0.25) is 10.0 Å². The van der Waals surface area contributed by atoms with Crippen molar-refractivity contribution in [3.05, 3.63) is 82.6 Å². The van der Waals surface area contributed by atoms with E-state index in [0.717, 1.165) is 5.57 Å². The molecule has 29 heavy (non-hydrogen) atoms. The first-order valence-corrected chi connectivity index (χ1v) is 10.7. The summed E-state index contributed by atoms with van der Waals surface area (Å²) in [6.45, 7) is 6.80. The van der Waals surface area contributed by atoms with Crippen molar-refractivity contribution >= 4 is 33.8 Å². The van der Waals surface area contributed by atoms with Gasteiger partial charge in [0.05, 0.1) is 10.6 Å². The molecule has 1 aliphatic rings. The highest BCUT2D eigenvalue weighted by Gasteiger charge is 2.28. The molecule has 6 nitrogen and oxygen atoms in total. The maximum atomic E-state index is 12.9. The molecule has 0 spiro atoms. The number of sulfonamides is 1. The van der Waals surface area contributed by atoms with Gasteiger partial charge in [-0.15, -0.1) is 6.58 Å². The Morgan fingerprint density at radius 2 is 2.03 bits per heavy atom. The lowest BCUT2D eigenvalue weighted by atomic mass is 10.1. The van der Waals surface area contributed by atoms with Crippen molar-refractivity contribution in [2.75, 3.05) is 7.05 Å². The summed E-state index contributed by atoms with van der Waals surface area (Å²) in [5.74, 6) is -0.416. The molecule has 1 unspecified atom stereocenters. The van der Waals surface area contributed by atoms with Crippen LogP contribution in [0.4, 0.5) is 0 Å². The molecule has 1 amide bonds. The number of hydrogen-bond donors (Lipinski definition) is 2. The third-order valence-corrected chi connectivity index (χ3v) is 6.33. The van der Waals surface area contributed by atoms with Crippen molar-refractivity contribution in [2.45, 2.75) is 25.5 Å². The van der Waals surface area contributed by atoms with Gasteiger partial charge in [-0.2, -0.15) is 0 Å². The Morgan fingerprint density at radius 3 is 2.59 bits per heavy atom. The van der Waals surface area contributed by atoms with Crippen LogP contribution in [-0.4, -0.2) is 32.9 Å².